The van der Waals surface area contributed by atoms with Gasteiger partial charge in [-0.25, -0.2) is 4.98 Å². The molecule has 6 nitrogen and oxygen atoms in total. The molecule has 142 valence electrons. The molecule has 1 fully saturated rings. The lowest BCUT2D eigenvalue weighted by Crippen LogP contribution is -2.47. The summed E-state index contributed by atoms with van der Waals surface area (Å²) >= 11 is 0. The van der Waals surface area contributed by atoms with Crippen molar-refractivity contribution in [2.24, 2.45) is 0 Å². The third-order valence-electron chi connectivity index (χ3n) is 5.32. The normalized spacial score (nSPS) is 19.0. The van der Waals surface area contributed by atoms with E-state index in [2.05, 4.69) is 21.1 Å². The average Bonchev–Trinajstić information content (AvgIpc) is 3.10. The summed E-state index contributed by atoms with van der Waals surface area (Å²) in [5.74, 6) is 0.594. The molecule has 0 bridgehead atoms. The van der Waals surface area contributed by atoms with Gasteiger partial charge >= 0.3 is 6.18 Å². The quantitative estimate of drug-likeness (QED) is 0.807. The molecule has 0 atom stereocenters. The maximum atomic E-state index is 12.7. The fourth-order valence-corrected chi connectivity index (χ4v) is 3.85. The number of fused-ring (bicyclic) bond motifs is 1. The Kier molecular flexibility index (Phi) is 4.52. The van der Waals surface area contributed by atoms with Crippen LogP contribution >= 0.6 is 0 Å². The van der Waals surface area contributed by atoms with E-state index in [0.29, 0.717) is 17.6 Å². The Morgan fingerprint density at radius 1 is 1.11 bits per heavy atom. The van der Waals surface area contributed by atoms with Gasteiger partial charge in [0.15, 0.2) is 5.69 Å². The molecule has 0 unspecified atom stereocenters. The van der Waals surface area contributed by atoms with Crippen LogP contribution in [0.1, 0.15) is 29.8 Å². The number of rotatable bonds is 2. The van der Waals surface area contributed by atoms with E-state index >= 15 is 0 Å². The number of hydrogen-bond donors (Lipinski definition) is 0. The number of hydrogen-bond acceptors (Lipinski definition) is 5. The van der Waals surface area contributed by atoms with Crippen molar-refractivity contribution in [3.63, 3.8) is 0 Å². The van der Waals surface area contributed by atoms with Crippen LogP contribution in [-0.2, 0) is 19.3 Å². The van der Waals surface area contributed by atoms with E-state index in [1.54, 1.807) is 0 Å². The molecule has 0 amide bonds. The van der Waals surface area contributed by atoms with Gasteiger partial charge in [-0.3, -0.25) is 9.58 Å². The van der Waals surface area contributed by atoms with E-state index in [1.165, 1.54) is 6.07 Å². The van der Waals surface area contributed by atoms with Crippen molar-refractivity contribution in [1.82, 2.24) is 19.7 Å². The molecule has 2 aromatic rings. The predicted octanol–water partition coefficient (Wildman–Crippen LogP) is 2.65. The highest BCUT2D eigenvalue weighted by Crippen LogP contribution is 2.30. The number of aromatic nitrogens is 3. The minimum absolute atomic E-state index is 0.421. The van der Waals surface area contributed by atoms with E-state index in [0.717, 1.165) is 63.5 Å². The Labute approximate surface area is 154 Å². The minimum Gasteiger partial charge on any atom is -0.357 e. The molecule has 0 saturated carbocycles. The van der Waals surface area contributed by atoms with Crippen LogP contribution in [0.3, 0.4) is 0 Å². The first kappa shape index (κ1) is 17.8. The lowest BCUT2D eigenvalue weighted by atomic mass is 10.0. The molecule has 0 N–H and O–H groups in total. The van der Waals surface area contributed by atoms with Gasteiger partial charge in [-0.2, -0.15) is 23.5 Å². The number of nitrogens with zero attached hydrogens (tertiary/aromatic N) is 6. The van der Waals surface area contributed by atoms with Crippen molar-refractivity contribution >= 4 is 5.82 Å². The zero-order chi connectivity index (χ0) is 19.0. The first-order valence-electron chi connectivity index (χ1n) is 8.93. The smallest absolute Gasteiger partial charge is 0.357 e. The fraction of sp³-hybridized carbons (Fsp3) is 0.500. The fourth-order valence-electron chi connectivity index (χ4n) is 3.85. The first-order chi connectivity index (χ1) is 12.9. The third-order valence-corrected chi connectivity index (χ3v) is 5.32. The number of alkyl halides is 3. The molecule has 9 heteroatoms. The van der Waals surface area contributed by atoms with E-state index in [-0.39, 0.29) is 0 Å². The summed E-state index contributed by atoms with van der Waals surface area (Å²) in [5, 5.41) is 13.2. The minimum atomic E-state index is -4.36. The number of nitriles is 1. The third kappa shape index (κ3) is 3.62. The molecule has 2 aliphatic heterocycles. The van der Waals surface area contributed by atoms with Crippen molar-refractivity contribution in [3.8, 4) is 6.07 Å². The van der Waals surface area contributed by atoms with Crippen LogP contribution in [0.25, 0.3) is 0 Å². The van der Waals surface area contributed by atoms with Gasteiger partial charge in [-0.05, 0) is 31.0 Å². The second-order valence-electron chi connectivity index (χ2n) is 6.95. The van der Waals surface area contributed by atoms with Crippen molar-refractivity contribution in [2.45, 2.75) is 38.1 Å². The van der Waals surface area contributed by atoms with Crippen LogP contribution in [0.2, 0.25) is 0 Å². The Morgan fingerprint density at radius 2 is 1.89 bits per heavy atom. The number of halogens is 3. The van der Waals surface area contributed by atoms with Gasteiger partial charge in [-0.15, -0.1) is 0 Å². The Hall–Kier alpha value is -2.60. The standard InChI is InChI=1S/C18H19F3N6/c19-18(20,21)13-1-2-17(23-11-13)25-5-3-15(4-6-25)26-7-8-27-16(12-26)9-14(10-22)24-27/h1-2,9,11,15H,3-8,12H2. The van der Waals surface area contributed by atoms with Crippen molar-refractivity contribution < 1.29 is 13.2 Å². The topological polar surface area (TPSA) is 61.0 Å². The molecule has 0 aromatic carbocycles. The van der Waals surface area contributed by atoms with Crippen LogP contribution in [0.4, 0.5) is 19.0 Å². The van der Waals surface area contributed by atoms with Gasteiger partial charge in [0.05, 0.1) is 17.8 Å². The molecular weight excluding hydrogens is 357 g/mol. The van der Waals surface area contributed by atoms with Crippen LogP contribution in [0, 0.1) is 11.3 Å². The summed E-state index contributed by atoms with van der Waals surface area (Å²) in [6, 6.07) is 6.88. The van der Waals surface area contributed by atoms with Crippen LogP contribution < -0.4 is 4.90 Å². The number of anilines is 1. The Bertz CT molecular complexity index is 843. The summed E-state index contributed by atoms with van der Waals surface area (Å²) in [5.41, 5.74) is 0.794. The van der Waals surface area contributed by atoms with Gasteiger partial charge in [0.25, 0.3) is 0 Å². The molecule has 0 aliphatic carbocycles. The van der Waals surface area contributed by atoms with Gasteiger partial charge in [0.2, 0.25) is 0 Å². The predicted molar refractivity (Wildman–Crippen MR) is 91.8 cm³/mol. The molecule has 4 rings (SSSR count). The molecule has 0 spiro atoms. The molecule has 2 aromatic heterocycles. The van der Waals surface area contributed by atoms with E-state index in [9.17, 15) is 13.2 Å². The SMILES string of the molecule is N#Cc1cc2n(n1)CCN(C1CCN(c3ccc(C(F)(F)F)cn3)CC1)C2. The molecule has 4 heterocycles. The van der Waals surface area contributed by atoms with Gasteiger partial charge in [-0.1, -0.05) is 0 Å². The second kappa shape index (κ2) is 6.85. The maximum Gasteiger partial charge on any atom is 0.417 e. The van der Waals surface area contributed by atoms with Crippen LogP contribution in [0.5, 0.6) is 0 Å². The average molecular weight is 376 g/mol. The van der Waals surface area contributed by atoms with Crippen molar-refractivity contribution in [2.75, 3.05) is 24.5 Å². The monoisotopic (exact) mass is 376 g/mol. The zero-order valence-electron chi connectivity index (χ0n) is 14.7. The van der Waals surface area contributed by atoms with Crippen LogP contribution in [-0.4, -0.2) is 45.3 Å². The van der Waals surface area contributed by atoms with Gasteiger partial charge in [0, 0.05) is 38.4 Å². The highest BCUT2D eigenvalue weighted by molar-refractivity contribution is 5.40. The lowest BCUT2D eigenvalue weighted by molar-refractivity contribution is -0.137. The molecule has 27 heavy (non-hydrogen) atoms. The summed E-state index contributed by atoms with van der Waals surface area (Å²) in [7, 11) is 0. The summed E-state index contributed by atoms with van der Waals surface area (Å²) in [6.45, 7) is 3.97. The Balaban J connectivity index is 1.36. The number of pyridine rings is 1. The maximum absolute atomic E-state index is 12.7. The van der Waals surface area contributed by atoms with Crippen molar-refractivity contribution in [3.05, 3.63) is 41.3 Å². The number of piperidine rings is 1. The highest BCUT2D eigenvalue weighted by Gasteiger charge is 2.32. The van der Waals surface area contributed by atoms with E-state index in [1.807, 2.05) is 15.6 Å². The Morgan fingerprint density at radius 3 is 2.52 bits per heavy atom. The van der Waals surface area contributed by atoms with Crippen molar-refractivity contribution in [1.29, 1.82) is 5.26 Å². The van der Waals surface area contributed by atoms with Gasteiger partial charge < -0.3 is 4.90 Å². The molecule has 0 radical (unpaired) electrons. The molecular formula is C18H19F3N6. The van der Waals surface area contributed by atoms with Gasteiger partial charge in [0.1, 0.15) is 11.9 Å². The largest absolute Gasteiger partial charge is 0.417 e. The van der Waals surface area contributed by atoms with E-state index in [4.69, 9.17) is 5.26 Å². The van der Waals surface area contributed by atoms with Crippen LogP contribution in [0.15, 0.2) is 24.4 Å². The summed E-state index contributed by atoms with van der Waals surface area (Å²) in [6.07, 6.45) is -1.59. The first-order valence-corrected chi connectivity index (χ1v) is 8.93. The molecule has 2 aliphatic rings. The van der Waals surface area contributed by atoms with E-state index < -0.39 is 11.7 Å². The second-order valence-corrected chi connectivity index (χ2v) is 6.95. The summed E-state index contributed by atoms with van der Waals surface area (Å²) in [4.78, 5) is 8.45. The summed E-state index contributed by atoms with van der Waals surface area (Å²) < 4.78 is 39.9. The highest BCUT2D eigenvalue weighted by atomic mass is 19.4. The zero-order valence-corrected chi connectivity index (χ0v) is 14.7. The molecule has 1 saturated heterocycles. The lowest BCUT2D eigenvalue weighted by Gasteiger charge is -2.40.